The van der Waals surface area contributed by atoms with Gasteiger partial charge in [0.2, 0.25) is 0 Å². The van der Waals surface area contributed by atoms with Gasteiger partial charge in [-0.3, -0.25) is 9.88 Å². The van der Waals surface area contributed by atoms with E-state index < -0.39 is 0 Å². The quantitative estimate of drug-likeness (QED) is 0.414. The van der Waals surface area contributed by atoms with Gasteiger partial charge in [0.05, 0.1) is 11.7 Å². The van der Waals surface area contributed by atoms with Gasteiger partial charge < -0.3 is 10.1 Å². The predicted octanol–water partition coefficient (Wildman–Crippen LogP) is 6.03. The maximum Gasteiger partial charge on any atom is 0.0607 e. The van der Waals surface area contributed by atoms with Crippen molar-refractivity contribution in [2.45, 2.75) is 76.5 Å². The average Bonchev–Trinajstić information content (AvgIpc) is 2.96. The van der Waals surface area contributed by atoms with Crippen molar-refractivity contribution in [1.29, 1.82) is 0 Å². The lowest BCUT2D eigenvalue weighted by Crippen LogP contribution is -2.37. The third kappa shape index (κ3) is 6.14. The van der Waals surface area contributed by atoms with Crippen LogP contribution in [0.25, 0.3) is 0 Å². The number of ether oxygens (including phenoxy) is 1. The Hall–Kier alpha value is -2.53. The monoisotopic (exact) mass is 495 g/mol. The van der Waals surface area contributed by atoms with E-state index in [1.807, 2.05) is 6.20 Å². The van der Waals surface area contributed by atoms with Gasteiger partial charge in [0.15, 0.2) is 0 Å². The second kappa shape index (κ2) is 11.9. The van der Waals surface area contributed by atoms with Gasteiger partial charge in [0, 0.05) is 45.1 Å². The molecule has 0 radical (unpaired) electrons. The highest BCUT2D eigenvalue weighted by Gasteiger charge is 2.30. The molecule has 0 unspecified atom stereocenters. The first-order valence-corrected chi connectivity index (χ1v) is 14.5. The van der Waals surface area contributed by atoms with Crippen LogP contribution in [0.1, 0.15) is 71.7 Å². The zero-order valence-electron chi connectivity index (χ0n) is 22.1. The molecule has 1 N–H and O–H groups in total. The summed E-state index contributed by atoms with van der Waals surface area (Å²) in [7, 11) is 0. The van der Waals surface area contributed by atoms with Crippen molar-refractivity contribution in [2.75, 3.05) is 19.8 Å². The number of benzene rings is 2. The van der Waals surface area contributed by atoms with Gasteiger partial charge in [-0.2, -0.15) is 0 Å². The zero-order chi connectivity index (χ0) is 24.9. The molecule has 37 heavy (non-hydrogen) atoms. The molecule has 0 bridgehead atoms. The Kier molecular flexibility index (Phi) is 7.97. The Labute approximate surface area is 222 Å². The van der Waals surface area contributed by atoms with Gasteiger partial charge in [-0.25, -0.2) is 0 Å². The van der Waals surface area contributed by atoms with Crippen molar-refractivity contribution < 1.29 is 4.74 Å². The first-order valence-electron chi connectivity index (χ1n) is 14.5. The second-order valence-electron chi connectivity index (χ2n) is 11.3. The molecule has 3 aliphatic rings. The van der Waals surface area contributed by atoms with E-state index in [-0.39, 0.29) is 0 Å². The number of hydrogen-bond donors (Lipinski definition) is 1. The number of aryl methyl sites for hydroxylation is 2. The van der Waals surface area contributed by atoms with Crippen LogP contribution >= 0.6 is 0 Å². The van der Waals surface area contributed by atoms with Crippen molar-refractivity contribution in [2.24, 2.45) is 5.92 Å². The van der Waals surface area contributed by atoms with Crippen LogP contribution in [0, 0.1) is 5.92 Å². The van der Waals surface area contributed by atoms with Gasteiger partial charge >= 0.3 is 0 Å². The molecule has 6 rings (SSSR count). The number of rotatable bonds is 8. The van der Waals surface area contributed by atoms with E-state index in [2.05, 4.69) is 70.9 Å². The number of nitrogens with one attached hydrogen (secondary N) is 1. The molecule has 1 saturated heterocycles. The fraction of sp³-hybridized carbons (Fsp3) is 0.485. The Balaban J connectivity index is 1.17. The van der Waals surface area contributed by atoms with Crippen LogP contribution in [0.5, 0.6) is 0 Å². The Morgan fingerprint density at radius 2 is 1.59 bits per heavy atom. The molecule has 1 fully saturated rings. The summed E-state index contributed by atoms with van der Waals surface area (Å²) in [5.74, 6) is 0.701. The summed E-state index contributed by atoms with van der Waals surface area (Å²) in [5, 5.41) is 3.72. The predicted molar refractivity (Wildman–Crippen MR) is 149 cm³/mol. The van der Waals surface area contributed by atoms with Crippen molar-refractivity contribution in [3.63, 3.8) is 0 Å². The molecule has 2 aromatic carbocycles. The van der Waals surface area contributed by atoms with Gasteiger partial charge in [0.25, 0.3) is 0 Å². The third-order valence-electron chi connectivity index (χ3n) is 8.77. The summed E-state index contributed by atoms with van der Waals surface area (Å²) < 4.78 is 5.50. The van der Waals surface area contributed by atoms with Crippen LogP contribution in [0.3, 0.4) is 0 Å². The maximum atomic E-state index is 5.50. The molecule has 2 heterocycles. The Bertz CT molecular complexity index is 1150. The molecule has 0 amide bonds. The molecule has 0 saturated carbocycles. The van der Waals surface area contributed by atoms with E-state index in [0.29, 0.717) is 18.0 Å². The van der Waals surface area contributed by atoms with E-state index in [0.717, 1.165) is 45.7 Å². The van der Waals surface area contributed by atoms with E-state index in [1.165, 1.54) is 60.9 Å². The van der Waals surface area contributed by atoms with Gasteiger partial charge in [-0.1, -0.05) is 54.6 Å². The molecule has 2 aliphatic carbocycles. The number of fused-ring (bicyclic) bond motifs is 2. The Morgan fingerprint density at radius 1 is 0.811 bits per heavy atom. The fourth-order valence-electron chi connectivity index (χ4n) is 6.66. The molecule has 1 aromatic heterocycles. The SMILES string of the molecule is c1ccc2c(c1)CC[C@@H](CN(Cc1ccc(CNC3CCOCC3)cc1)[C@H]1CCCc3cccnc31)C2. The fourth-order valence-corrected chi connectivity index (χ4v) is 6.66. The molecular formula is C33H41N3O. The smallest absolute Gasteiger partial charge is 0.0607 e. The number of aromatic nitrogens is 1. The van der Waals surface area contributed by atoms with Crippen LogP contribution < -0.4 is 5.32 Å². The van der Waals surface area contributed by atoms with E-state index >= 15 is 0 Å². The van der Waals surface area contributed by atoms with E-state index in [1.54, 1.807) is 11.1 Å². The van der Waals surface area contributed by atoms with Crippen LogP contribution in [0.15, 0.2) is 66.9 Å². The highest BCUT2D eigenvalue weighted by Crippen LogP contribution is 2.36. The Morgan fingerprint density at radius 3 is 2.46 bits per heavy atom. The molecule has 2 atom stereocenters. The normalized spacial score (nSPS) is 22.0. The van der Waals surface area contributed by atoms with Gasteiger partial charge in [-0.15, -0.1) is 0 Å². The molecule has 194 valence electrons. The van der Waals surface area contributed by atoms with Crippen LogP contribution in [-0.2, 0) is 37.1 Å². The second-order valence-corrected chi connectivity index (χ2v) is 11.3. The maximum absolute atomic E-state index is 5.50. The average molecular weight is 496 g/mol. The minimum atomic E-state index is 0.414. The lowest BCUT2D eigenvalue weighted by molar-refractivity contribution is 0.0776. The summed E-state index contributed by atoms with van der Waals surface area (Å²) in [6, 6.07) is 23.8. The van der Waals surface area contributed by atoms with Crippen molar-refractivity contribution in [3.05, 3.63) is 100 Å². The van der Waals surface area contributed by atoms with Crippen LogP contribution in [0.2, 0.25) is 0 Å². The number of hydrogen-bond acceptors (Lipinski definition) is 4. The first-order chi connectivity index (χ1) is 18.3. The summed E-state index contributed by atoms with van der Waals surface area (Å²) >= 11 is 0. The summed E-state index contributed by atoms with van der Waals surface area (Å²) in [6.45, 7) is 4.85. The lowest BCUT2D eigenvalue weighted by atomic mass is 9.82. The number of nitrogens with zero attached hydrogens (tertiary/aromatic N) is 2. The highest BCUT2D eigenvalue weighted by atomic mass is 16.5. The van der Waals surface area contributed by atoms with Crippen molar-refractivity contribution >= 4 is 0 Å². The van der Waals surface area contributed by atoms with Crippen LogP contribution in [-0.4, -0.2) is 35.7 Å². The van der Waals surface area contributed by atoms with Crippen molar-refractivity contribution in [1.82, 2.24) is 15.2 Å². The lowest BCUT2D eigenvalue weighted by Gasteiger charge is -2.38. The van der Waals surface area contributed by atoms with E-state index in [4.69, 9.17) is 9.72 Å². The van der Waals surface area contributed by atoms with Crippen LogP contribution in [0.4, 0.5) is 0 Å². The highest BCUT2D eigenvalue weighted by molar-refractivity contribution is 5.30. The van der Waals surface area contributed by atoms with E-state index in [9.17, 15) is 0 Å². The van der Waals surface area contributed by atoms with Gasteiger partial charge in [-0.05, 0) is 91.2 Å². The number of pyridine rings is 1. The minimum Gasteiger partial charge on any atom is -0.381 e. The van der Waals surface area contributed by atoms with Gasteiger partial charge in [0.1, 0.15) is 0 Å². The zero-order valence-corrected chi connectivity index (χ0v) is 22.1. The molecule has 3 aromatic rings. The largest absolute Gasteiger partial charge is 0.381 e. The molecule has 4 heteroatoms. The standard InChI is InChI=1S/C33H41N3O/c1-2-6-30-21-27(14-15-28(30)5-1)24-36(32-9-3-7-29-8-4-18-34-33(29)32)23-26-12-10-25(11-13-26)22-35-31-16-19-37-20-17-31/h1-2,4-6,8,10-13,18,27,31-32,35H,3,7,9,14-17,19-24H2/t27-,32+/m1/s1. The molecule has 4 nitrogen and oxygen atoms in total. The molecule has 1 aliphatic heterocycles. The molecular weight excluding hydrogens is 454 g/mol. The van der Waals surface area contributed by atoms with Crippen molar-refractivity contribution in [3.8, 4) is 0 Å². The first kappa shape index (κ1) is 24.8. The summed E-state index contributed by atoms with van der Waals surface area (Å²) in [6.07, 6.45) is 11.6. The summed E-state index contributed by atoms with van der Waals surface area (Å²) in [5.41, 5.74) is 8.67. The molecule has 0 spiro atoms. The minimum absolute atomic E-state index is 0.414. The topological polar surface area (TPSA) is 37.4 Å². The summed E-state index contributed by atoms with van der Waals surface area (Å²) in [4.78, 5) is 7.68. The third-order valence-corrected chi connectivity index (χ3v) is 8.77.